The lowest BCUT2D eigenvalue weighted by atomic mass is 10.1. The molecule has 0 aromatic heterocycles. The molecule has 2 nitrogen and oxygen atoms in total. The van der Waals surface area contributed by atoms with Crippen molar-refractivity contribution in [3.05, 3.63) is 42.0 Å². The average molecular weight is 248 g/mol. The summed E-state index contributed by atoms with van der Waals surface area (Å²) in [6.07, 6.45) is 7.32. The molecule has 1 aromatic carbocycles. The van der Waals surface area contributed by atoms with Crippen LogP contribution in [-0.4, -0.2) is 19.8 Å². The molecule has 0 radical (unpaired) electrons. The van der Waals surface area contributed by atoms with E-state index in [0.29, 0.717) is 0 Å². The first-order valence-electron chi connectivity index (χ1n) is 6.77. The van der Waals surface area contributed by atoms with Crippen molar-refractivity contribution in [3.63, 3.8) is 0 Å². The van der Waals surface area contributed by atoms with E-state index in [9.17, 15) is 0 Å². The monoisotopic (exact) mass is 248 g/mol. The summed E-state index contributed by atoms with van der Waals surface area (Å²) in [5.74, 6) is 0.954. The molecule has 0 aliphatic carbocycles. The molecule has 100 valence electrons. The second-order valence-electron chi connectivity index (χ2n) is 4.17. The van der Waals surface area contributed by atoms with Gasteiger partial charge in [-0.2, -0.15) is 0 Å². The minimum atomic E-state index is 0.765. The Hall–Kier alpha value is -1.28. The Balaban J connectivity index is 2.18. The van der Waals surface area contributed by atoms with Gasteiger partial charge in [0.25, 0.3) is 0 Å². The lowest BCUT2D eigenvalue weighted by Crippen LogP contribution is -2.00. The molecule has 1 aromatic rings. The smallest absolute Gasteiger partial charge is 0.119 e. The van der Waals surface area contributed by atoms with Crippen LogP contribution in [0.25, 0.3) is 0 Å². The normalized spacial score (nSPS) is 11.0. The summed E-state index contributed by atoms with van der Waals surface area (Å²) >= 11 is 0. The molecule has 0 atom stereocenters. The molecule has 0 saturated carbocycles. The van der Waals surface area contributed by atoms with E-state index < -0.39 is 0 Å². The largest absolute Gasteiger partial charge is 0.494 e. The number of hydrogen-bond donors (Lipinski definition) is 0. The third kappa shape index (κ3) is 6.45. The Bertz CT molecular complexity index is 327. The van der Waals surface area contributed by atoms with Crippen molar-refractivity contribution in [1.29, 1.82) is 0 Å². The lowest BCUT2D eigenvalue weighted by molar-refractivity contribution is 0.138. The highest BCUT2D eigenvalue weighted by atomic mass is 16.5. The van der Waals surface area contributed by atoms with Gasteiger partial charge in [0.2, 0.25) is 0 Å². The summed E-state index contributed by atoms with van der Waals surface area (Å²) < 4.78 is 10.9. The number of allylic oxidation sites excluding steroid dienone is 2. The molecule has 2 heteroatoms. The van der Waals surface area contributed by atoms with E-state index in [2.05, 4.69) is 24.3 Å². The van der Waals surface area contributed by atoms with Crippen LogP contribution in [0.2, 0.25) is 0 Å². The fourth-order valence-electron chi connectivity index (χ4n) is 1.62. The number of rotatable bonds is 9. The quantitative estimate of drug-likeness (QED) is 0.486. The van der Waals surface area contributed by atoms with Crippen LogP contribution in [0, 0.1) is 0 Å². The van der Waals surface area contributed by atoms with Crippen LogP contribution in [0.15, 0.2) is 36.4 Å². The van der Waals surface area contributed by atoms with Gasteiger partial charge >= 0.3 is 0 Å². The third-order valence-electron chi connectivity index (χ3n) is 2.67. The lowest BCUT2D eigenvalue weighted by Gasteiger charge is -2.06. The maximum absolute atomic E-state index is 5.67. The van der Waals surface area contributed by atoms with E-state index in [4.69, 9.17) is 9.47 Å². The minimum absolute atomic E-state index is 0.765. The highest BCUT2D eigenvalue weighted by molar-refractivity contribution is 5.28. The van der Waals surface area contributed by atoms with Crippen molar-refractivity contribution < 1.29 is 9.47 Å². The van der Waals surface area contributed by atoms with Crippen molar-refractivity contribution in [3.8, 4) is 5.75 Å². The Morgan fingerprint density at radius 2 is 1.78 bits per heavy atom. The van der Waals surface area contributed by atoms with Gasteiger partial charge in [0.1, 0.15) is 5.75 Å². The Morgan fingerprint density at radius 3 is 2.44 bits per heavy atom. The van der Waals surface area contributed by atoms with E-state index in [1.54, 1.807) is 0 Å². The number of ether oxygens (including phenoxy) is 2. The summed E-state index contributed by atoms with van der Waals surface area (Å²) in [4.78, 5) is 0. The van der Waals surface area contributed by atoms with Crippen molar-refractivity contribution in [1.82, 2.24) is 0 Å². The first-order valence-corrected chi connectivity index (χ1v) is 6.77. The Labute approximate surface area is 111 Å². The molecule has 0 saturated heterocycles. The van der Waals surface area contributed by atoms with Gasteiger partial charge in [-0.15, -0.1) is 0 Å². The summed E-state index contributed by atoms with van der Waals surface area (Å²) in [5, 5.41) is 0. The zero-order valence-corrected chi connectivity index (χ0v) is 11.5. The second kappa shape index (κ2) is 9.72. The van der Waals surface area contributed by atoms with Gasteiger partial charge in [0.05, 0.1) is 6.61 Å². The molecule has 18 heavy (non-hydrogen) atoms. The highest BCUT2D eigenvalue weighted by Crippen LogP contribution is 2.13. The molecule has 0 aliphatic rings. The summed E-state index contributed by atoms with van der Waals surface area (Å²) in [5.41, 5.74) is 1.32. The van der Waals surface area contributed by atoms with Crippen LogP contribution >= 0.6 is 0 Å². The molecule has 0 N–H and O–H groups in total. The standard InChI is InChI=1S/C16H24O2/c1-3-5-8-15-9-11-16(12-10-15)18-14-7-6-13-17-4-2/h3,5,9-12H,4,6-8,13-14H2,1-2H3/b5-3+. The maximum Gasteiger partial charge on any atom is 0.119 e. The predicted octanol–water partition coefficient (Wildman–Crippen LogP) is 4.00. The van der Waals surface area contributed by atoms with Crippen molar-refractivity contribution in [2.24, 2.45) is 0 Å². The summed E-state index contributed by atoms with van der Waals surface area (Å²) in [6.45, 7) is 6.46. The van der Waals surface area contributed by atoms with Crippen LogP contribution in [0.5, 0.6) is 5.75 Å². The SMILES string of the molecule is C/C=C/Cc1ccc(OCCCCOCC)cc1. The van der Waals surface area contributed by atoms with Gasteiger partial charge in [-0.25, -0.2) is 0 Å². The van der Waals surface area contributed by atoms with Gasteiger partial charge in [-0.3, -0.25) is 0 Å². The number of benzene rings is 1. The third-order valence-corrected chi connectivity index (χ3v) is 2.67. The molecule has 0 spiro atoms. The average Bonchev–Trinajstić information content (AvgIpc) is 2.42. The minimum Gasteiger partial charge on any atom is -0.494 e. The molecule has 0 fully saturated rings. The topological polar surface area (TPSA) is 18.5 Å². The van der Waals surface area contributed by atoms with E-state index >= 15 is 0 Å². The van der Waals surface area contributed by atoms with Crippen LogP contribution in [0.3, 0.4) is 0 Å². The van der Waals surface area contributed by atoms with E-state index in [0.717, 1.165) is 44.8 Å². The fraction of sp³-hybridized carbons (Fsp3) is 0.500. The second-order valence-corrected chi connectivity index (χ2v) is 4.17. The van der Waals surface area contributed by atoms with Gasteiger partial charge in [-0.1, -0.05) is 24.3 Å². The van der Waals surface area contributed by atoms with E-state index in [-0.39, 0.29) is 0 Å². The first kappa shape index (κ1) is 14.8. The number of unbranched alkanes of at least 4 members (excludes halogenated alkanes) is 1. The Morgan fingerprint density at radius 1 is 1.06 bits per heavy atom. The van der Waals surface area contributed by atoms with Gasteiger partial charge < -0.3 is 9.47 Å². The number of hydrogen-bond acceptors (Lipinski definition) is 2. The van der Waals surface area contributed by atoms with Crippen LogP contribution in [0.1, 0.15) is 32.3 Å². The highest BCUT2D eigenvalue weighted by Gasteiger charge is 1.95. The molecule has 1 rings (SSSR count). The predicted molar refractivity (Wildman–Crippen MR) is 76.2 cm³/mol. The maximum atomic E-state index is 5.67. The van der Waals surface area contributed by atoms with Crippen LogP contribution in [-0.2, 0) is 11.2 Å². The summed E-state index contributed by atoms with van der Waals surface area (Å²) in [6, 6.07) is 8.33. The molecule has 0 aliphatic heterocycles. The van der Waals surface area contributed by atoms with E-state index in [1.807, 2.05) is 26.0 Å². The van der Waals surface area contributed by atoms with Crippen molar-refractivity contribution in [2.75, 3.05) is 19.8 Å². The van der Waals surface area contributed by atoms with Gasteiger partial charge in [0, 0.05) is 13.2 Å². The van der Waals surface area contributed by atoms with Gasteiger partial charge in [0.15, 0.2) is 0 Å². The molecular weight excluding hydrogens is 224 g/mol. The van der Waals surface area contributed by atoms with Gasteiger partial charge in [-0.05, 0) is 50.8 Å². The van der Waals surface area contributed by atoms with E-state index in [1.165, 1.54) is 5.56 Å². The molecule has 0 amide bonds. The van der Waals surface area contributed by atoms with Crippen molar-refractivity contribution >= 4 is 0 Å². The van der Waals surface area contributed by atoms with Crippen molar-refractivity contribution in [2.45, 2.75) is 33.1 Å². The zero-order chi connectivity index (χ0) is 13.1. The molecular formula is C16H24O2. The Kier molecular flexibility index (Phi) is 7.98. The molecule has 0 bridgehead atoms. The molecule has 0 unspecified atom stereocenters. The van der Waals surface area contributed by atoms with Crippen LogP contribution < -0.4 is 4.74 Å². The first-order chi connectivity index (χ1) is 8.86. The molecule has 0 heterocycles. The fourth-order valence-corrected chi connectivity index (χ4v) is 1.62. The summed E-state index contributed by atoms with van der Waals surface area (Å²) in [7, 11) is 0. The van der Waals surface area contributed by atoms with Crippen LogP contribution in [0.4, 0.5) is 0 Å². The zero-order valence-electron chi connectivity index (χ0n) is 11.5.